The maximum absolute atomic E-state index is 13.5. The lowest BCUT2D eigenvalue weighted by Crippen LogP contribution is -2.50. The second-order valence-electron chi connectivity index (χ2n) is 9.75. The molecule has 1 aliphatic carbocycles. The highest BCUT2D eigenvalue weighted by Crippen LogP contribution is 2.47. The van der Waals surface area contributed by atoms with E-state index in [0.29, 0.717) is 26.4 Å². The molecule has 0 radical (unpaired) electrons. The molecule has 3 atom stereocenters. The largest absolute Gasteiger partial charge is 0.456 e. The number of carbonyl (C=O) groups excluding carboxylic acids is 4. The highest BCUT2D eigenvalue weighted by atomic mass is 32.2. The molecule has 1 N–H and O–H groups in total. The van der Waals surface area contributed by atoms with Gasteiger partial charge in [-0.1, -0.05) is 13.8 Å². The first kappa shape index (κ1) is 30.8. The number of alkyl halides is 2. The van der Waals surface area contributed by atoms with Crippen molar-refractivity contribution < 1.29 is 64.6 Å². The van der Waals surface area contributed by atoms with E-state index in [0.717, 1.165) is 12.8 Å². The van der Waals surface area contributed by atoms with Crippen molar-refractivity contribution in [1.29, 1.82) is 0 Å². The van der Waals surface area contributed by atoms with Gasteiger partial charge in [-0.25, -0.2) is 9.59 Å². The zero-order chi connectivity index (χ0) is 28.2. The third-order valence-electron chi connectivity index (χ3n) is 6.59. The lowest BCUT2D eigenvalue weighted by molar-refractivity contribution is -0.190. The van der Waals surface area contributed by atoms with Gasteiger partial charge in [-0.3, -0.25) is 14.1 Å². The van der Waals surface area contributed by atoms with Gasteiger partial charge in [0.2, 0.25) is 12.2 Å². The summed E-state index contributed by atoms with van der Waals surface area (Å²) in [6.45, 7) is 4.70. The average molecular weight is 559 g/mol. The summed E-state index contributed by atoms with van der Waals surface area (Å²) >= 11 is 0. The van der Waals surface area contributed by atoms with Crippen LogP contribution in [-0.2, 0) is 53.0 Å². The van der Waals surface area contributed by atoms with Crippen molar-refractivity contribution in [2.24, 2.45) is 5.41 Å². The average Bonchev–Trinajstić information content (AvgIpc) is 3.39. The first-order valence-corrected chi connectivity index (χ1v) is 13.1. The first-order valence-electron chi connectivity index (χ1n) is 11.6. The zero-order valence-corrected chi connectivity index (χ0v) is 21.8. The summed E-state index contributed by atoms with van der Waals surface area (Å²) in [7, 11) is -4.29. The maximum atomic E-state index is 13.5. The third kappa shape index (κ3) is 7.13. The quantitative estimate of drug-likeness (QED) is 0.210. The summed E-state index contributed by atoms with van der Waals surface area (Å²) in [5, 5.41) is -4.75. The van der Waals surface area contributed by atoms with Gasteiger partial charge < -0.3 is 23.7 Å². The Morgan fingerprint density at radius 3 is 2.27 bits per heavy atom. The Kier molecular flexibility index (Phi) is 9.63. The number of hydrogen-bond donors (Lipinski definition) is 1. The molecular weight excluding hydrogens is 526 g/mol. The van der Waals surface area contributed by atoms with Crippen LogP contribution in [0.3, 0.4) is 0 Å². The number of hydrogen-bond acceptors (Lipinski definition) is 11. The van der Waals surface area contributed by atoms with E-state index in [1.807, 2.05) is 13.8 Å². The number of carbonyl (C=O) groups is 4. The van der Waals surface area contributed by atoms with Crippen molar-refractivity contribution >= 4 is 34.0 Å². The molecule has 1 saturated carbocycles. The molecule has 2 aliphatic rings. The predicted octanol–water partition coefficient (Wildman–Crippen LogP) is 1.93. The number of methoxy groups -OCH3 is 1. The van der Waals surface area contributed by atoms with Gasteiger partial charge in [0.1, 0.15) is 5.60 Å². The lowest BCUT2D eigenvalue weighted by Gasteiger charge is -2.43. The summed E-state index contributed by atoms with van der Waals surface area (Å²) in [4.78, 5) is 48.7. The molecule has 1 aliphatic heterocycles. The first-order chi connectivity index (χ1) is 17.0. The van der Waals surface area contributed by atoms with Crippen molar-refractivity contribution in [3.8, 4) is 0 Å². The van der Waals surface area contributed by atoms with Gasteiger partial charge in [-0.05, 0) is 32.6 Å². The highest BCUT2D eigenvalue weighted by molar-refractivity contribution is 7.86. The molecule has 2 rings (SSSR count). The molecule has 0 aromatic heterocycles. The molecule has 2 fully saturated rings. The van der Waals surface area contributed by atoms with Gasteiger partial charge in [0.15, 0.2) is 6.10 Å². The van der Waals surface area contributed by atoms with Crippen molar-refractivity contribution in [1.82, 2.24) is 0 Å². The van der Waals surface area contributed by atoms with Gasteiger partial charge in [0.05, 0.1) is 19.4 Å². The Balaban J connectivity index is 1.88. The Morgan fingerprint density at radius 2 is 1.73 bits per heavy atom. The SMILES string of the molecule is COCC(C)(C)C1(OC(=O)C2CC(OC(=O)CCC(=O)OC(C)C(F)(F)S(=O)(=O)O)C(=O)O2)CCCC1. The van der Waals surface area contributed by atoms with Crippen LogP contribution in [0.4, 0.5) is 8.78 Å². The van der Waals surface area contributed by atoms with Gasteiger partial charge >= 0.3 is 39.2 Å². The Hall–Kier alpha value is -2.39. The molecule has 12 nitrogen and oxygen atoms in total. The minimum Gasteiger partial charge on any atom is -0.456 e. The standard InChI is InChI=1S/C22H32F2O12S/c1-13(22(23,24)37(29,30)31)33-16(25)7-8-17(26)34-14-11-15(35-18(14)27)19(28)36-21(9-5-6-10-21)20(2,3)12-32-4/h13-15H,5-12H2,1-4H3,(H,29,30,31). The van der Waals surface area contributed by atoms with E-state index >= 15 is 0 Å². The molecule has 3 unspecified atom stereocenters. The number of halogens is 2. The van der Waals surface area contributed by atoms with Gasteiger partial charge in [-0.15, -0.1) is 0 Å². The van der Waals surface area contributed by atoms with Crippen LogP contribution >= 0.6 is 0 Å². The molecule has 1 heterocycles. The number of ether oxygens (including phenoxy) is 5. The van der Waals surface area contributed by atoms with Crippen LogP contribution in [0.1, 0.15) is 65.7 Å². The van der Waals surface area contributed by atoms with Crippen LogP contribution in [0.5, 0.6) is 0 Å². The minimum absolute atomic E-state index is 0.313. The predicted molar refractivity (Wildman–Crippen MR) is 119 cm³/mol. The fourth-order valence-electron chi connectivity index (χ4n) is 4.37. The van der Waals surface area contributed by atoms with E-state index in [1.165, 1.54) is 0 Å². The van der Waals surface area contributed by atoms with Gasteiger partial charge in [0.25, 0.3) is 0 Å². The van der Waals surface area contributed by atoms with Crippen molar-refractivity contribution in [3.05, 3.63) is 0 Å². The molecule has 0 spiro atoms. The van der Waals surface area contributed by atoms with Crippen LogP contribution in [0.15, 0.2) is 0 Å². The molecule has 0 aromatic rings. The van der Waals surface area contributed by atoms with Crippen molar-refractivity contribution in [2.75, 3.05) is 13.7 Å². The molecule has 1 saturated heterocycles. The monoisotopic (exact) mass is 558 g/mol. The topological polar surface area (TPSA) is 169 Å². The van der Waals surface area contributed by atoms with E-state index in [9.17, 15) is 36.4 Å². The van der Waals surface area contributed by atoms with Crippen LogP contribution in [0, 0.1) is 5.41 Å². The lowest BCUT2D eigenvalue weighted by atomic mass is 9.74. The number of rotatable bonds is 12. The minimum atomic E-state index is -5.83. The van der Waals surface area contributed by atoms with Crippen LogP contribution < -0.4 is 0 Å². The zero-order valence-electron chi connectivity index (χ0n) is 21.0. The second-order valence-corrected chi connectivity index (χ2v) is 11.2. The van der Waals surface area contributed by atoms with Crippen LogP contribution in [0.2, 0.25) is 0 Å². The normalized spacial score (nSPS) is 22.7. The van der Waals surface area contributed by atoms with E-state index in [1.54, 1.807) is 7.11 Å². The highest BCUT2D eigenvalue weighted by Gasteiger charge is 2.53. The fraction of sp³-hybridized carbons (Fsp3) is 0.818. The van der Waals surface area contributed by atoms with Crippen LogP contribution in [-0.4, -0.2) is 79.7 Å². The van der Waals surface area contributed by atoms with Gasteiger partial charge in [-0.2, -0.15) is 17.2 Å². The smallest absolute Gasteiger partial charge is 0.405 e. The Labute approximate surface area is 213 Å². The summed E-state index contributed by atoms with van der Waals surface area (Å²) in [5.74, 6) is -4.23. The summed E-state index contributed by atoms with van der Waals surface area (Å²) in [6, 6.07) is 0. The van der Waals surface area contributed by atoms with Crippen molar-refractivity contribution in [2.45, 2.75) is 94.9 Å². The third-order valence-corrected chi connectivity index (χ3v) is 7.61. The Bertz CT molecular complexity index is 988. The number of esters is 4. The molecule has 0 bridgehead atoms. The maximum Gasteiger partial charge on any atom is 0.405 e. The van der Waals surface area contributed by atoms with Crippen LogP contribution in [0.25, 0.3) is 0 Å². The van der Waals surface area contributed by atoms with Crippen molar-refractivity contribution in [3.63, 3.8) is 0 Å². The second kappa shape index (κ2) is 11.6. The van der Waals surface area contributed by atoms with E-state index in [4.69, 9.17) is 23.5 Å². The molecular formula is C22H32F2O12S. The van der Waals surface area contributed by atoms with E-state index < -0.39 is 81.4 Å². The Morgan fingerprint density at radius 1 is 1.16 bits per heavy atom. The molecule has 0 aromatic carbocycles. The fourth-order valence-corrected chi connectivity index (χ4v) is 4.83. The summed E-state index contributed by atoms with van der Waals surface area (Å²) in [6.07, 6.45) is -4.17. The summed E-state index contributed by atoms with van der Waals surface area (Å²) in [5.41, 5.74) is -1.33. The molecule has 212 valence electrons. The summed E-state index contributed by atoms with van der Waals surface area (Å²) < 4.78 is 82.2. The van der Waals surface area contributed by atoms with Gasteiger partial charge in [0, 0.05) is 18.9 Å². The molecule has 15 heteroatoms. The molecule has 0 amide bonds. The van der Waals surface area contributed by atoms with E-state index in [-0.39, 0.29) is 6.42 Å². The molecule has 37 heavy (non-hydrogen) atoms. The number of cyclic esters (lactones) is 1. The van der Waals surface area contributed by atoms with E-state index in [2.05, 4.69) is 4.74 Å².